The number of carbonyl (C=O) groups is 1. The number of carbonyl (C=O) groups excluding carboxylic acids is 1. The molecule has 0 saturated heterocycles. The Hall–Kier alpha value is -2.49. The highest BCUT2D eigenvalue weighted by atomic mass is 16.5. The summed E-state index contributed by atoms with van der Waals surface area (Å²) in [6.45, 7) is 0.926. The zero-order chi connectivity index (χ0) is 15.4. The van der Waals surface area contributed by atoms with E-state index in [9.17, 15) is 4.79 Å². The Morgan fingerprint density at radius 2 is 2.14 bits per heavy atom. The maximum Gasteiger partial charge on any atom is 0.227 e. The van der Waals surface area contributed by atoms with E-state index in [0.29, 0.717) is 13.2 Å². The number of hydrogen-bond acceptors (Lipinski definition) is 3. The van der Waals surface area contributed by atoms with Gasteiger partial charge in [0.25, 0.3) is 0 Å². The van der Waals surface area contributed by atoms with E-state index >= 15 is 0 Å². The van der Waals surface area contributed by atoms with Crippen molar-refractivity contribution in [3.05, 3.63) is 59.7 Å². The van der Waals surface area contributed by atoms with Crippen LogP contribution in [0.25, 0.3) is 0 Å². The zero-order valence-corrected chi connectivity index (χ0v) is 12.5. The fourth-order valence-electron chi connectivity index (χ4n) is 2.61. The maximum absolute atomic E-state index is 12.3. The Labute approximate surface area is 130 Å². The van der Waals surface area contributed by atoms with Gasteiger partial charge in [-0.15, -0.1) is 0 Å². The van der Waals surface area contributed by atoms with Crippen LogP contribution in [0.4, 0.5) is 0 Å². The van der Waals surface area contributed by atoms with Gasteiger partial charge in [0, 0.05) is 6.54 Å². The number of nitrogens with one attached hydrogen (secondary N) is 1. The molecule has 1 amide bonds. The monoisotopic (exact) mass is 297 g/mol. The molecule has 0 aliphatic carbocycles. The lowest BCUT2D eigenvalue weighted by Gasteiger charge is -2.24. The van der Waals surface area contributed by atoms with Crippen LogP contribution in [0, 0.1) is 5.92 Å². The van der Waals surface area contributed by atoms with Crippen LogP contribution in [-0.4, -0.2) is 19.6 Å². The SMILES string of the molecule is COc1cccc(CNC(=O)[C@@H]2COc3ccccc3C2)c1. The molecule has 0 saturated carbocycles. The normalized spacial score (nSPS) is 16.3. The first-order valence-electron chi connectivity index (χ1n) is 7.37. The molecule has 2 aromatic rings. The number of amides is 1. The second kappa shape index (κ2) is 6.52. The van der Waals surface area contributed by atoms with Crippen LogP contribution in [0.15, 0.2) is 48.5 Å². The molecule has 1 aliphatic rings. The quantitative estimate of drug-likeness (QED) is 0.943. The Bertz CT molecular complexity index is 669. The molecule has 1 atom stereocenters. The van der Waals surface area contributed by atoms with E-state index in [-0.39, 0.29) is 11.8 Å². The van der Waals surface area contributed by atoms with Crippen molar-refractivity contribution in [1.29, 1.82) is 0 Å². The lowest BCUT2D eigenvalue weighted by Crippen LogP contribution is -2.37. The summed E-state index contributed by atoms with van der Waals surface area (Å²) in [6.07, 6.45) is 0.722. The van der Waals surface area contributed by atoms with Gasteiger partial charge in [0.15, 0.2) is 0 Å². The lowest BCUT2D eigenvalue weighted by atomic mass is 9.96. The molecule has 4 nitrogen and oxygen atoms in total. The summed E-state index contributed by atoms with van der Waals surface area (Å²) in [5, 5.41) is 2.98. The fraction of sp³-hybridized carbons (Fsp3) is 0.278. The molecule has 4 heteroatoms. The van der Waals surface area contributed by atoms with E-state index in [1.165, 1.54) is 0 Å². The third kappa shape index (κ3) is 3.22. The molecule has 114 valence electrons. The maximum atomic E-state index is 12.3. The van der Waals surface area contributed by atoms with Gasteiger partial charge in [-0.1, -0.05) is 30.3 Å². The number of para-hydroxylation sites is 1. The van der Waals surface area contributed by atoms with Crippen LogP contribution in [0.1, 0.15) is 11.1 Å². The van der Waals surface area contributed by atoms with Crippen LogP contribution in [0.3, 0.4) is 0 Å². The van der Waals surface area contributed by atoms with Crippen molar-refractivity contribution < 1.29 is 14.3 Å². The largest absolute Gasteiger partial charge is 0.497 e. The second-order valence-electron chi connectivity index (χ2n) is 5.39. The predicted octanol–water partition coefficient (Wildman–Crippen LogP) is 2.56. The first-order chi connectivity index (χ1) is 10.8. The highest BCUT2D eigenvalue weighted by Gasteiger charge is 2.25. The van der Waals surface area contributed by atoms with Gasteiger partial charge in [0.1, 0.15) is 18.1 Å². The summed E-state index contributed by atoms with van der Waals surface area (Å²) in [5.74, 6) is 1.57. The van der Waals surface area contributed by atoms with Crippen LogP contribution in [-0.2, 0) is 17.8 Å². The molecule has 0 unspecified atom stereocenters. The summed E-state index contributed by atoms with van der Waals surface area (Å²) in [4.78, 5) is 12.3. The van der Waals surface area contributed by atoms with E-state index in [4.69, 9.17) is 9.47 Å². The van der Waals surface area contributed by atoms with Gasteiger partial charge >= 0.3 is 0 Å². The summed E-state index contributed by atoms with van der Waals surface area (Å²) in [7, 11) is 1.63. The zero-order valence-electron chi connectivity index (χ0n) is 12.5. The summed E-state index contributed by atoms with van der Waals surface area (Å²) in [5.41, 5.74) is 2.11. The summed E-state index contributed by atoms with van der Waals surface area (Å²) < 4.78 is 10.8. The van der Waals surface area contributed by atoms with E-state index in [2.05, 4.69) is 5.32 Å². The number of fused-ring (bicyclic) bond motifs is 1. The van der Waals surface area contributed by atoms with Gasteiger partial charge < -0.3 is 14.8 Å². The second-order valence-corrected chi connectivity index (χ2v) is 5.39. The van der Waals surface area contributed by atoms with Crippen molar-refractivity contribution in [2.45, 2.75) is 13.0 Å². The molecular weight excluding hydrogens is 278 g/mol. The molecule has 0 fully saturated rings. The van der Waals surface area contributed by atoms with Crippen molar-refractivity contribution >= 4 is 5.91 Å². The summed E-state index contributed by atoms with van der Waals surface area (Å²) in [6, 6.07) is 15.6. The number of hydrogen-bond donors (Lipinski definition) is 1. The van der Waals surface area contributed by atoms with Crippen LogP contribution in [0.2, 0.25) is 0 Å². The molecule has 1 heterocycles. The topological polar surface area (TPSA) is 47.6 Å². The molecule has 0 aromatic heterocycles. The average molecular weight is 297 g/mol. The standard InChI is InChI=1S/C18H19NO3/c1-21-16-7-4-5-13(9-16)11-19-18(20)15-10-14-6-2-3-8-17(14)22-12-15/h2-9,15H,10-12H2,1H3,(H,19,20)/t15-/m0/s1. The number of benzene rings is 2. The Balaban J connectivity index is 1.59. The average Bonchev–Trinajstić information content (AvgIpc) is 2.59. The van der Waals surface area contributed by atoms with E-state index in [0.717, 1.165) is 29.0 Å². The molecule has 0 bridgehead atoms. The minimum atomic E-state index is -0.138. The molecular formula is C18H19NO3. The molecule has 22 heavy (non-hydrogen) atoms. The fourth-order valence-corrected chi connectivity index (χ4v) is 2.61. The summed E-state index contributed by atoms with van der Waals surface area (Å²) >= 11 is 0. The lowest BCUT2D eigenvalue weighted by molar-refractivity contribution is -0.126. The van der Waals surface area contributed by atoms with Gasteiger partial charge in [-0.25, -0.2) is 0 Å². The number of methoxy groups -OCH3 is 1. The first kappa shape index (κ1) is 14.4. The van der Waals surface area contributed by atoms with Gasteiger partial charge in [0.05, 0.1) is 13.0 Å². The van der Waals surface area contributed by atoms with Crippen molar-refractivity contribution in [3.63, 3.8) is 0 Å². The van der Waals surface area contributed by atoms with Crippen molar-refractivity contribution in [2.24, 2.45) is 5.92 Å². The van der Waals surface area contributed by atoms with Gasteiger partial charge in [-0.2, -0.15) is 0 Å². The molecule has 3 rings (SSSR count). The molecule has 2 aromatic carbocycles. The Morgan fingerprint density at radius 3 is 3.00 bits per heavy atom. The number of rotatable bonds is 4. The van der Waals surface area contributed by atoms with Gasteiger partial charge in [-0.3, -0.25) is 4.79 Å². The first-order valence-corrected chi connectivity index (χ1v) is 7.37. The molecule has 0 radical (unpaired) electrons. The molecule has 1 N–H and O–H groups in total. The predicted molar refractivity (Wildman–Crippen MR) is 84.0 cm³/mol. The minimum absolute atomic E-state index is 0.0253. The van der Waals surface area contributed by atoms with Crippen LogP contribution in [0.5, 0.6) is 11.5 Å². The minimum Gasteiger partial charge on any atom is -0.497 e. The number of ether oxygens (including phenoxy) is 2. The van der Waals surface area contributed by atoms with Crippen LogP contribution >= 0.6 is 0 Å². The van der Waals surface area contributed by atoms with Crippen LogP contribution < -0.4 is 14.8 Å². The van der Waals surface area contributed by atoms with Crippen molar-refractivity contribution in [1.82, 2.24) is 5.32 Å². The van der Waals surface area contributed by atoms with E-state index in [1.54, 1.807) is 7.11 Å². The van der Waals surface area contributed by atoms with Gasteiger partial charge in [-0.05, 0) is 35.7 Å². The third-order valence-corrected chi connectivity index (χ3v) is 3.85. The third-order valence-electron chi connectivity index (χ3n) is 3.85. The highest BCUT2D eigenvalue weighted by molar-refractivity contribution is 5.79. The Kier molecular flexibility index (Phi) is 4.28. The smallest absolute Gasteiger partial charge is 0.227 e. The van der Waals surface area contributed by atoms with E-state index < -0.39 is 0 Å². The van der Waals surface area contributed by atoms with E-state index in [1.807, 2.05) is 48.5 Å². The highest BCUT2D eigenvalue weighted by Crippen LogP contribution is 2.26. The van der Waals surface area contributed by atoms with Crippen molar-refractivity contribution in [2.75, 3.05) is 13.7 Å². The molecule has 1 aliphatic heterocycles. The van der Waals surface area contributed by atoms with Gasteiger partial charge in [0.2, 0.25) is 5.91 Å². The Morgan fingerprint density at radius 1 is 1.27 bits per heavy atom. The van der Waals surface area contributed by atoms with Crippen molar-refractivity contribution in [3.8, 4) is 11.5 Å². The molecule has 0 spiro atoms.